The number of anilines is 1. The van der Waals surface area contributed by atoms with E-state index in [0.717, 1.165) is 76.4 Å². The second-order valence-corrected chi connectivity index (χ2v) is 9.34. The second-order valence-electron chi connectivity index (χ2n) is 9.34. The van der Waals surface area contributed by atoms with Crippen molar-refractivity contribution < 1.29 is 14.3 Å². The van der Waals surface area contributed by atoms with Crippen molar-refractivity contribution in [2.45, 2.75) is 56.3 Å². The van der Waals surface area contributed by atoms with Gasteiger partial charge in [-0.3, -0.25) is 4.79 Å². The van der Waals surface area contributed by atoms with Crippen LogP contribution < -0.4 is 10.2 Å². The fraction of sp³-hybridized carbons (Fsp3) is 0.773. The number of carbonyl (C=O) groups is 1. The van der Waals surface area contributed by atoms with Crippen molar-refractivity contribution in [1.82, 2.24) is 20.2 Å². The third-order valence-corrected chi connectivity index (χ3v) is 7.29. The lowest BCUT2D eigenvalue weighted by Crippen LogP contribution is -2.55. The average molecular weight is 488 g/mol. The number of aromatic nitrogens is 2. The Balaban J connectivity index is 0.00000144. The Bertz CT molecular complexity index is 804. The molecule has 2 saturated heterocycles. The Hall–Kier alpha value is -1.19. The molecule has 0 aromatic carbocycles. The molecule has 8 nitrogen and oxygen atoms in total. The van der Waals surface area contributed by atoms with E-state index in [1.54, 1.807) is 0 Å². The van der Waals surface area contributed by atoms with Crippen molar-refractivity contribution in [2.75, 3.05) is 51.8 Å². The summed E-state index contributed by atoms with van der Waals surface area (Å²) in [7, 11) is 3.92. The molecule has 180 valence electrons. The van der Waals surface area contributed by atoms with Gasteiger partial charge in [-0.15, -0.1) is 24.8 Å². The fourth-order valence-corrected chi connectivity index (χ4v) is 5.58. The molecule has 1 saturated carbocycles. The number of nitrogens with one attached hydrogen (secondary N) is 1. The van der Waals surface area contributed by atoms with Crippen molar-refractivity contribution in [3.05, 3.63) is 17.5 Å². The zero-order chi connectivity index (χ0) is 20.7. The van der Waals surface area contributed by atoms with Gasteiger partial charge in [0.15, 0.2) is 0 Å². The molecule has 4 aliphatic rings. The minimum atomic E-state index is -0.380. The van der Waals surface area contributed by atoms with E-state index in [-0.39, 0.29) is 42.4 Å². The second kappa shape index (κ2) is 10.4. The summed E-state index contributed by atoms with van der Waals surface area (Å²) in [6.07, 6.45) is 7.50. The molecule has 0 radical (unpaired) electrons. The normalized spacial score (nSPS) is 28.6. The predicted molar refractivity (Wildman–Crippen MR) is 127 cm³/mol. The summed E-state index contributed by atoms with van der Waals surface area (Å²) >= 11 is 0. The number of hydrogen-bond acceptors (Lipinski definition) is 7. The SMILES string of the molecule is CN(C)c1ncc2c(n1)C1(CCN(C(=O)[C@H]3CC[C@H]4OCCN[C@@H]4C3)CC1)OCC2.Cl.Cl. The Morgan fingerprint density at radius 1 is 1.22 bits per heavy atom. The van der Waals surface area contributed by atoms with Crippen LogP contribution in [0.25, 0.3) is 0 Å². The van der Waals surface area contributed by atoms with E-state index in [0.29, 0.717) is 18.6 Å². The summed E-state index contributed by atoms with van der Waals surface area (Å²) in [5, 5.41) is 3.55. The lowest BCUT2D eigenvalue weighted by Gasteiger charge is -2.45. The van der Waals surface area contributed by atoms with Gasteiger partial charge in [0.1, 0.15) is 5.60 Å². The lowest BCUT2D eigenvalue weighted by molar-refractivity contribution is -0.148. The van der Waals surface area contributed by atoms with Crippen LogP contribution in [0.2, 0.25) is 0 Å². The first-order valence-electron chi connectivity index (χ1n) is 11.4. The average Bonchev–Trinajstić information content (AvgIpc) is 2.79. The molecule has 1 spiro atoms. The maximum absolute atomic E-state index is 13.3. The highest BCUT2D eigenvalue weighted by Crippen LogP contribution is 2.41. The number of amides is 1. The van der Waals surface area contributed by atoms with Crippen molar-refractivity contribution in [3.63, 3.8) is 0 Å². The molecular weight excluding hydrogens is 453 g/mol. The minimum Gasteiger partial charge on any atom is -0.375 e. The van der Waals surface area contributed by atoms with Crippen LogP contribution >= 0.6 is 24.8 Å². The number of likely N-dealkylation sites (tertiary alicyclic amines) is 1. The molecule has 0 bridgehead atoms. The Kier molecular flexibility index (Phi) is 8.25. The van der Waals surface area contributed by atoms with Gasteiger partial charge in [0.25, 0.3) is 0 Å². The van der Waals surface area contributed by atoms with E-state index in [4.69, 9.17) is 14.5 Å². The van der Waals surface area contributed by atoms with Crippen LogP contribution in [0.4, 0.5) is 5.95 Å². The van der Waals surface area contributed by atoms with Crippen LogP contribution in [0.3, 0.4) is 0 Å². The number of rotatable bonds is 2. The van der Waals surface area contributed by atoms with Crippen molar-refractivity contribution in [3.8, 4) is 0 Å². The van der Waals surface area contributed by atoms with E-state index >= 15 is 0 Å². The van der Waals surface area contributed by atoms with E-state index in [2.05, 4.69) is 15.2 Å². The van der Waals surface area contributed by atoms with Gasteiger partial charge in [0.05, 0.1) is 25.0 Å². The molecule has 5 rings (SSSR count). The molecule has 1 aromatic heterocycles. The topological polar surface area (TPSA) is 79.8 Å². The lowest BCUT2D eigenvalue weighted by atomic mass is 9.80. The zero-order valence-corrected chi connectivity index (χ0v) is 20.6. The number of piperidine rings is 1. The molecule has 3 aliphatic heterocycles. The molecule has 1 N–H and O–H groups in total. The highest BCUT2D eigenvalue weighted by atomic mass is 35.5. The Morgan fingerprint density at radius 2 is 2.00 bits per heavy atom. The van der Waals surface area contributed by atoms with Gasteiger partial charge in [-0.1, -0.05) is 0 Å². The number of nitrogens with zero attached hydrogens (tertiary/aromatic N) is 4. The third-order valence-electron chi connectivity index (χ3n) is 7.29. The van der Waals surface area contributed by atoms with E-state index in [1.807, 2.05) is 25.2 Å². The maximum atomic E-state index is 13.3. The van der Waals surface area contributed by atoms with Gasteiger partial charge < -0.3 is 24.6 Å². The summed E-state index contributed by atoms with van der Waals surface area (Å²) in [5.74, 6) is 1.14. The number of halogens is 2. The third kappa shape index (κ3) is 4.71. The molecule has 3 atom stereocenters. The predicted octanol–water partition coefficient (Wildman–Crippen LogP) is 1.93. The zero-order valence-electron chi connectivity index (χ0n) is 18.9. The van der Waals surface area contributed by atoms with E-state index in [1.165, 1.54) is 5.56 Å². The summed E-state index contributed by atoms with van der Waals surface area (Å²) in [4.78, 5) is 26.6. The molecule has 4 heterocycles. The molecule has 32 heavy (non-hydrogen) atoms. The molecule has 10 heteroatoms. The molecule has 0 unspecified atom stereocenters. The molecular formula is C22H35Cl2N5O3. The number of fused-ring (bicyclic) bond motifs is 3. The first-order valence-corrected chi connectivity index (χ1v) is 11.4. The molecule has 1 aliphatic carbocycles. The summed E-state index contributed by atoms with van der Waals surface area (Å²) in [6, 6.07) is 0.326. The molecule has 1 aromatic rings. The highest BCUT2D eigenvalue weighted by molar-refractivity contribution is 5.85. The maximum Gasteiger partial charge on any atom is 0.225 e. The van der Waals surface area contributed by atoms with Gasteiger partial charge >= 0.3 is 0 Å². The van der Waals surface area contributed by atoms with Crippen LogP contribution in [0.1, 0.15) is 43.4 Å². The van der Waals surface area contributed by atoms with Crippen molar-refractivity contribution in [1.29, 1.82) is 0 Å². The monoisotopic (exact) mass is 487 g/mol. The first kappa shape index (κ1) is 25.4. The first-order chi connectivity index (χ1) is 14.6. The summed E-state index contributed by atoms with van der Waals surface area (Å²) < 4.78 is 12.2. The number of hydrogen-bond donors (Lipinski definition) is 1. The summed E-state index contributed by atoms with van der Waals surface area (Å²) in [5.41, 5.74) is 1.84. The largest absolute Gasteiger partial charge is 0.375 e. The van der Waals surface area contributed by atoms with Gasteiger partial charge in [-0.2, -0.15) is 0 Å². The number of carbonyl (C=O) groups excluding carboxylic acids is 1. The van der Waals surface area contributed by atoms with Crippen molar-refractivity contribution >= 4 is 36.7 Å². The smallest absolute Gasteiger partial charge is 0.225 e. The van der Waals surface area contributed by atoms with Crippen molar-refractivity contribution in [2.24, 2.45) is 5.92 Å². The highest BCUT2D eigenvalue weighted by Gasteiger charge is 2.45. The number of morpholine rings is 1. The molecule has 3 fully saturated rings. The van der Waals surface area contributed by atoms with Gasteiger partial charge in [0, 0.05) is 51.9 Å². The Labute approximate surface area is 202 Å². The minimum absolute atomic E-state index is 0. The van der Waals surface area contributed by atoms with Gasteiger partial charge in [-0.05, 0) is 44.1 Å². The van der Waals surface area contributed by atoms with Crippen LogP contribution in [0, 0.1) is 5.92 Å². The van der Waals surface area contributed by atoms with Gasteiger partial charge in [-0.25, -0.2) is 9.97 Å². The van der Waals surface area contributed by atoms with Crippen LogP contribution in [-0.2, 0) is 26.3 Å². The van der Waals surface area contributed by atoms with Crippen LogP contribution in [-0.4, -0.2) is 79.9 Å². The quantitative estimate of drug-likeness (QED) is 0.682. The number of ether oxygens (including phenoxy) is 2. The summed E-state index contributed by atoms with van der Waals surface area (Å²) in [6.45, 7) is 3.83. The van der Waals surface area contributed by atoms with E-state index in [9.17, 15) is 4.79 Å². The van der Waals surface area contributed by atoms with E-state index < -0.39 is 0 Å². The molecule has 1 amide bonds. The van der Waals surface area contributed by atoms with Gasteiger partial charge in [0.2, 0.25) is 11.9 Å². The van der Waals surface area contributed by atoms with Crippen LogP contribution in [0.15, 0.2) is 6.20 Å². The standard InChI is InChI=1S/C22H33N5O3.2ClH/c1-26(2)21-24-14-16-5-11-30-22(19(16)25-21)6-9-27(10-7-22)20(28)15-3-4-18-17(13-15)23-8-12-29-18;;/h14-15,17-18,23H,3-13H2,1-2H3;2*1H/t15-,17+,18+;;/m0../s1. The fourth-order valence-electron chi connectivity index (χ4n) is 5.58. The van der Waals surface area contributed by atoms with Crippen LogP contribution in [0.5, 0.6) is 0 Å². The Morgan fingerprint density at radius 3 is 2.75 bits per heavy atom.